The third kappa shape index (κ3) is 6.56. The number of hydrogen-bond donors (Lipinski definition) is 1. The van der Waals surface area contributed by atoms with Crippen LogP contribution in [0.25, 0.3) is 0 Å². The van der Waals surface area contributed by atoms with Gasteiger partial charge in [0.05, 0.1) is 23.7 Å². The molecule has 1 heterocycles. The molecule has 0 aliphatic carbocycles. The first-order valence-corrected chi connectivity index (χ1v) is 11.4. The molecule has 0 bridgehead atoms. The number of Topliss-reactive ketones (excluding diaryl/α,β-unsaturated/α-hetero) is 1. The Morgan fingerprint density at radius 1 is 1.06 bits per heavy atom. The molecule has 8 nitrogen and oxygen atoms in total. The molecule has 174 valence electrons. The van der Waals surface area contributed by atoms with E-state index in [1.54, 1.807) is 24.3 Å². The van der Waals surface area contributed by atoms with Crippen molar-refractivity contribution in [3.8, 4) is 0 Å². The number of ketones is 1. The van der Waals surface area contributed by atoms with E-state index >= 15 is 0 Å². The fourth-order valence-electron chi connectivity index (χ4n) is 3.34. The maximum Gasteiger partial charge on any atom is 0.338 e. The average molecular weight is 517 g/mol. The standard InChI is InChI=1S/C24H25BrN2O6/c1-2-32-13-3-12-26-20-14-22(29)27(23(20)30)19-10-6-17(7-11-19)24(31)33-15-21(28)16-4-8-18(25)9-5-16/h4-11,20,26H,2-3,12-15H2,1H3. The van der Waals surface area contributed by atoms with Gasteiger partial charge in [-0.05, 0) is 56.3 Å². The lowest BCUT2D eigenvalue weighted by Gasteiger charge is -2.16. The lowest BCUT2D eigenvalue weighted by atomic mass is 10.1. The van der Waals surface area contributed by atoms with E-state index in [1.807, 2.05) is 6.92 Å². The zero-order chi connectivity index (χ0) is 23.8. The number of benzene rings is 2. The summed E-state index contributed by atoms with van der Waals surface area (Å²) in [4.78, 5) is 50.6. The van der Waals surface area contributed by atoms with Gasteiger partial charge in [-0.15, -0.1) is 0 Å². The Hall–Kier alpha value is -2.88. The molecule has 33 heavy (non-hydrogen) atoms. The van der Waals surface area contributed by atoms with Crippen LogP contribution in [0.3, 0.4) is 0 Å². The quantitative estimate of drug-likeness (QED) is 0.212. The SMILES string of the molecule is CCOCCCNC1CC(=O)N(c2ccc(C(=O)OCC(=O)c3ccc(Br)cc3)cc2)C1=O. The zero-order valence-corrected chi connectivity index (χ0v) is 19.8. The molecule has 9 heteroatoms. The number of ether oxygens (including phenoxy) is 2. The van der Waals surface area contributed by atoms with Crippen LogP contribution in [0.4, 0.5) is 5.69 Å². The minimum absolute atomic E-state index is 0.0788. The highest BCUT2D eigenvalue weighted by molar-refractivity contribution is 9.10. The fraction of sp³-hybridized carbons (Fsp3) is 0.333. The van der Waals surface area contributed by atoms with Crippen LogP contribution in [-0.2, 0) is 19.1 Å². The summed E-state index contributed by atoms with van der Waals surface area (Å²) in [5.74, 6) is -1.62. The summed E-state index contributed by atoms with van der Waals surface area (Å²) in [5.41, 5.74) is 1.03. The molecular formula is C24H25BrN2O6. The van der Waals surface area contributed by atoms with E-state index in [4.69, 9.17) is 9.47 Å². The molecule has 0 spiro atoms. The third-order valence-corrected chi connectivity index (χ3v) is 5.60. The number of nitrogens with one attached hydrogen (secondary N) is 1. The lowest BCUT2D eigenvalue weighted by Crippen LogP contribution is -2.39. The second-order valence-electron chi connectivity index (χ2n) is 7.38. The van der Waals surface area contributed by atoms with Crippen LogP contribution >= 0.6 is 15.9 Å². The summed E-state index contributed by atoms with van der Waals surface area (Å²) in [7, 11) is 0. The van der Waals surface area contributed by atoms with Gasteiger partial charge in [0, 0.05) is 23.2 Å². The van der Waals surface area contributed by atoms with Gasteiger partial charge in [-0.25, -0.2) is 9.69 Å². The van der Waals surface area contributed by atoms with Crippen LogP contribution in [0.5, 0.6) is 0 Å². The van der Waals surface area contributed by atoms with E-state index in [0.717, 1.165) is 15.8 Å². The monoisotopic (exact) mass is 516 g/mol. The van der Waals surface area contributed by atoms with E-state index in [9.17, 15) is 19.2 Å². The number of carbonyl (C=O) groups is 4. The van der Waals surface area contributed by atoms with Gasteiger partial charge in [-0.3, -0.25) is 14.4 Å². The first kappa shape index (κ1) is 24.8. The molecule has 1 fully saturated rings. The highest BCUT2D eigenvalue weighted by Gasteiger charge is 2.39. The van der Waals surface area contributed by atoms with Gasteiger partial charge in [0.15, 0.2) is 12.4 Å². The highest BCUT2D eigenvalue weighted by atomic mass is 79.9. The highest BCUT2D eigenvalue weighted by Crippen LogP contribution is 2.23. The molecule has 1 atom stereocenters. The Morgan fingerprint density at radius 3 is 2.39 bits per heavy atom. The molecule has 1 unspecified atom stereocenters. The van der Waals surface area contributed by atoms with Gasteiger partial charge in [-0.2, -0.15) is 0 Å². The molecule has 3 rings (SSSR count). The summed E-state index contributed by atoms with van der Waals surface area (Å²) in [5, 5.41) is 3.09. The largest absolute Gasteiger partial charge is 0.454 e. The Balaban J connectivity index is 1.54. The summed E-state index contributed by atoms with van der Waals surface area (Å²) in [6.07, 6.45) is 0.822. The summed E-state index contributed by atoms with van der Waals surface area (Å²) < 4.78 is 11.2. The fourth-order valence-corrected chi connectivity index (χ4v) is 3.60. The number of hydrogen-bond acceptors (Lipinski definition) is 7. The number of halogens is 1. The second-order valence-corrected chi connectivity index (χ2v) is 8.30. The normalized spacial score (nSPS) is 15.7. The summed E-state index contributed by atoms with van der Waals surface area (Å²) >= 11 is 3.30. The molecule has 0 saturated carbocycles. The summed E-state index contributed by atoms with van der Waals surface area (Å²) in [6, 6.07) is 12.1. The molecule has 1 aliphatic heterocycles. The molecular weight excluding hydrogens is 492 g/mol. The molecule has 1 aliphatic rings. The minimum atomic E-state index is -0.667. The van der Waals surface area contributed by atoms with E-state index in [0.29, 0.717) is 31.0 Å². The Morgan fingerprint density at radius 2 is 1.73 bits per heavy atom. The third-order valence-electron chi connectivity index (χ3n) is 5.07. The average Bonchev–Trinajstić information content (AvgIpc) is 3.10. The number of anilines is 1. The molecule has 0 aromatic heterocycles. The van der Waals surface area contributed by atoms with E-state index in [2.05, 4.69) is 21.2 Å². The summed E-state index contributed by atoms with van der Waals surface area (Å²) in [6.45, 7) is 3.33. The van der Waals surface area contributed by atoms with Crippen molar-refractivity contribution in [3.63, 3.8) is 0 Å². The maximum absolute atomic E-state index is 12.7. The van der Waals surface area contributed by atoms with Crippen LogP contribution in [-0.4, -0.2) is 56.0 Å². The number of carbonyl (C=O) groups excluding carboxylic acids is 4. The van der Waals surface area contributed by atoms with Gasteiger partial charge in [0.25, 0.3) is 5.91 Å². The van der Waals surface area contributed by atoms with Crippen molar-refractivity contribution < 1.29 is 28.7 Å². The topological polar surface area (TPSA) is 102 Å². The van der Waals surface area contributed by atoms with Gasteiger partial charge < -0.3 is 14.8 Å². The van der Waals surface area contributed by atoms with Crippen molar-refractivity contribution in [2.45, 2.75) is 25.8 Å². The second kappa shape index (κ2) is 11.8. The number of esters is 1. The number of imide groups is 1. The molecule has 1 saturated heterocycles. The Kier molecular flexibility index (Phi) is 8.87. The van der Waals surface area contributed by atoms with Crippen molar-refractivity contribution in [2.75, 3.05) is 31.3 Å². The van der Waals surface area contributed by atoms with Crippen LogP contribution in [0, 0.1) is 0 Å². The van der Waals surface area contributed by atoms with E-state index in [1.165, 1.54) is 24.3 Å². The Labute approximate surface area is 200 Å². The first-order chi connectivity index (χ1) is 15.9. The molecule has 0 radical (unpaired) electrons. The molecule has 2 aromatic carbocycles. The van der Waals surface area contributed by atoms with E-state index < -0.39 is 12.0 Å². The van der Waals surface area contributed by atoms with Crippen molar-refractivity contribution in [3.05, 3.63) is 64.1 Å². The zero-order valence-electron chi connectivity index (χ0n) is 18.2. The van der Waals surface area contributed by atoms with Crippen LogP contribution < -0.4 is 10.2 Å². The molecule has 2 aromatic rings. The van der Waals surface area contributed by atoms with Gasteiger partial charge >= 0.3 is 5.97 Å². The number of amides is 2. The maximum atomic E-state index is 12.7. The predicted molar refractivity (Wildman–Crippen MR) is 125 cm³/mol. The van der Waals surface area contributed by atoms with Crippen molar-refractivity contribution in [1.82, 2.24) is 5.32 Å². The van der Waals surface area contributed by atoms with Gasteiger partial charge in [0.1, 0.15) is 0 Å². The molecule has 1 N–H and O–H groups in total. The van der Waals surface area contributed by atoms with Crippen LogP contribution in [0.15, 0.2) is 53.0 Å². The van der Waals surface area contributed by atoms with Crippen molar-refractivity contribution in [2.24, 2.45) is 0 Å². The van der Waals surface area contributed by atoms with Gasteiger partial charge in [0.2, 0.25) is 5.91 Å². The van der Waals surface area contributed by atoms with Gasteiger partial charge in [-0.1, -0.05) is 28.1 Å². The Bertz CT molecular complexity index is 1010. The minimum Gasteiger partial charge on any atom is -0.454 e. The van der Waals surface area contributed by atoms with Crippen molar-refractivity contribution >= 4 is 45.2 Å². The van der Waals surface area contributed by atoms with Crippen LogP contribution in [0.2, 0.25) is 0 Å². The number of rotatable bonds is 11. The smallest absolute Gasteiger partial charge is 0.338 e. The first-order valence-electron chi connectivity index (χ1n) is 10.6. The van der Waals surface area contributed by atoms with E-state index in [-0.39, 0.29) is 36.2 Å². The molecule has 2 amide bonds. The number of nitrogens with zero attached hydrogens (tertiary/aromatic N) is 1. The van der Waals surface area contributed by atoms with Crippen LogP contribution in [0.1, 0.15) is 40.5 Å². The van der Waals surface area contributed by atoms with Crippen molar-refractivity contribution in [1.29, 1.82) is 0 Å². The predicted octanol–water partition coefficient (Wildman–Crippen LogP) is 3.14. The lowest BCUT2D eigenvalue weighted by molar-refractivity contribution is -0.121.